The molecule has 2 aromatic carbocycles. The van der Waals surface area contributed by atoms with Gasteiger partial charge < -0.3 is 25.4 Å². The number of carboxylic acid groups (broad SMARTS) is 1. The Morgan fingerprint density at radius 1 is 1.12 bits per heavy atom. The van der Waals surface area contributed by atoms with Gasteiger partial charge in [-0.15, -0.1) is 0 Å². The Bertz CT molecular complexity index is 1240. The number of hydrogen-bond acceptors (Lipinski definition) is 4. The standard InChI is InChI=1S/C23H22ClN3O5/c1-13-12-27(2)22(31)20(21(13)30)26-23(32)25-18(11-19(28)29)16-7-3-5-14(9-16)15-6-4-8-17(24)10-15/h3-10,12,18,30H,11H2,1-2H3,(H,28,29)(H2,25,26,32). The third kappa shape index (κ3) is 5.28. The summed E-state index contributed by atoms with van der Waals surface area (Å²) in [5.74, 6) is -1.46. The molecule has 0 aliphatic carbocycles. The van der Waals surface area contributed by atoms with E-state index in [4.69, 9.17) is 11.6 Å². The third-order valence-corrected chi connectivity index (χ3v) is 5.14. The zero-order valence-electron chi connectivity index (χ0n) is 17.4. The maximum Gasteiger partial charge on any atom is 0.319 e. The molecule has 166 valence electrons. The van der Waals surface area contributed by atoms with Crippen molar-refractivity contribution >= 4 is 29.3 Å². The summed E-state index contributed by atoms with van der Waals surface area (Å²) in [7, 11) is 1.49. The molecule has 1 atom stereocenters. The number of nitrogens with one attached hydrogen (secondary N) is 2. The molecule has 0 radical (unpaired) electrons. The van der Waals surface area contributed by atoms with Crippen LogP contribution in [0.1, 0.15) is 23.6 Å². The molecule has 9 heteroatoms. The van der Waals surface area contributed by atoms with Crippen LogP contribution < -0.4 is 16.2 Å². The lowest BCUT2D eigenvalue weighted by Crippen LogP contribution is -2.36. The van der Waals surface area contributed by atoms with Crippen LogP contribution in [0.2, 0.25) is 5.02 Å². The molecule has 3 rings (SSSR count). The van der Waals surface area contributed by atoms with Gasteiger partial charge in [-0.05, 0) is 41.8 Å². The monoisotopic (exact) mass is 455 g/mol. The first kappa shape index (κ1) is 22.9. The Hall–Kier alpha value is -3.78. The van der Waals surface area contributed by atoms with Gasteiger partial charge in [-0.3, -0.25) is 9.59 Å². The molecule has 0 saturated carbocycles. The van der Waals surface area contributed by atoms with E-state index in [0.717, 1.165) is 11.1 Å². The van der Waals surface area contributed by atoms with Crippen molar-refractivity contribution in [2.45, 2.75) is 19.4 Å². The van der Waals surface area contributed by atoms with Gasteiger partial charge in [-0.1, -0.05) is 41.9 Å². The molecule has 32 heavy (non-hydrogen) atoms. The van der Waals surface area contributed by atoms with Crippen molar-refractivity contribution in [3.05, 3.63) is 81.2 Å². The summed E-state index contributed by atoms with van der Waals surface area (Å²) in [5.41, 5.74) is 1.71. The summed E-state index contributed by atoms with van der Waals surface area (Å²) in [4.78, 5) is 36.3. The number of rotatable bonds is 6. The highest BCUT2D eigenvalue weighted by molar-refractivity contribution is 6.30. The molecular formula is C23H22ClN3O5. The highest BCUT2D eigenvalue weighted by Gasteiger charge is 2.21. The number of benzene rings is 2. The van der Waals surface area contributed by atoms with Gasteiger partial charge in [0.05, 0.1) is 12.5 Å². The number of aliphatic carboxylic acids is 1. The van der Waals surface area contributed by atoms with E-state index in [1.54, 1.807) is 43.3 Å². The molecule has 4 N–H and O–H groups in total. The van der Waals surface area contributed by atoms with Gasteiger partial charge in [0.2, 0.25) is 0 Å². The number of pyridine rings is 1. The van der Waals surface area contributed by atoms with Crippen molar-refractivity contribution in [2.75, 3.05) is 5.32 Å². The van der Waals surface area contributed by atoms with Crippen LogP contribution in [-0.4, -0.2) is 26.8 Å². The number of anilines is 1. The average molecular weight is 456 g/mol. The predicted octanol–water partition coefficient (Wildman–Crippen LogP) is 4.06. The molecule has 1 aromatic heterocycles. The Labute approximate surface area is 189 Å². The minimum absolute atomic E-state index is 0.285. The van der Waals surface area contributed by atoms with Crippen molar-refractivity contribution < 1.29 is 19.8 Å². The normalized spacial score (nSPS) is 11.6. The van der Waals surface area contributed by atoms with Gasteiger partial charge in [0.1, 0.15) is 5.75 Å². The number of aromatic nitrogens is 1. The van der Waals surface area contributed by atoms with Crippen molar-refractivity contribution in [3.63, 3.8) is 0 Å². The largest absolute Gasteiger partial charge is 0.505 e. The predicted molar refractivity (Wildman–Crippen MR) is 122 cm³/mol. The zero-order chi connectivity index (χ0) is 23.4. The van der Waals surface area contributed by atoms with Crippen LogP contribution in [-0.2, 0) is 11.8 Å². The fourth-order valence-electron chi connectivity index (χ4n) is 3.34. The highest BCUT2D eigenvalue weighted by Crippen LogP contribution is 2.27. The van der Waals surface area contributed by atoms with Crippen LogP contribution in [0.4, 0.5) is 10.5 Å². The Morgan fingerprint density at radius 3 is 2.44 bits per heavy atom. The molecule has 2 amide bonds. The van der Waals surface area contributed by atoms with Gasteiger partial charge in [0.25, 0.3) is 5.56 Å². The summed E-state index contributed by atoms with van der Waals surface area (Å²) >= 11 is 6.07. The van der Waals surface area contributed by atoms with Gasteiger partial charge in [-0.25, -0.2) is 4.79 Å². The average Bonchev–Trinajstić information content (AvgIpc) is 2.75. The smallest absolute Gasteiger partial charge is 0.319 e. The van der Waals surface area contributed by atoms with Gasteiger partial charge in [-0.2, -0.15) is 0 Å². The van der Waals surface area contributed by atoms with Crippen molar-refractivity contribution in [2.24, 2.45) is 7.05 Å². The summed E-state index contributed by atoms with van der Waals surface area (Å²) in [6.45, 7) is 1.59. The Kier molecular flexibility index (Phi) is 6.85. The fraction of sp³-hybridized carbons (Fsp3) is 0.174. The number of carbonyl (C=O) groups is 2. The summed E-state index contributed by atoms with van der Waals surface area (Å²) in [5, 5.41) is 25.0. The van der Waals surface area contributed by atoms with Crippen molar-refractivity contribution in [3.8, 4) is 16.9 Å². The molecule has 1 unspecified atom stereocenters. The second-order valence-corrected chi connectivity index (χ2v) is 7.77. The van der Waals surface area contributed by atoms with E-state index < -0.39 is 23.6 Å². The molecule has 8 nitrogen and oxygen atoms in total. The molecule has 0 bridgehead atoms. The van der Waals surface area contributed by atoms with Crippen LogP contribution in [0.5, 0.6) is 5.75 Å². The summed E-state index contributed by atoms with van der Waals surface area (Å²) in [6.07, 6.45) is 1.06. The van der Waals surface area contributed by atoms with Crippen LogP contribution in [0, 0.1) is 6.92 Å². The highest BCUT2D eigenvalue weighted by atomic mass is 35.5. The fourth-order valence-corrected chi connectivity index (χ4v) is 3.53. The second-order valence-electron chi connectivity index (χ2n) is 7.34. The topological polar surface area (TPSA) is 121 Å². The summed E-state index contributed by atoms with van der Waals surface area (Å²) in [6, 6.07) is 12.6. The van der Waals surface area contributed by atoms with Crippen LogP contribution in [0.15, 0.2) is 59.5 Å². The maximum absolute atomic E-state index is 12.6. The molecular weight excluding hydrogens is 434 g/mol. The first-order valence-corrected chi connectivity index (χ1v) is 10.1. The lowest BCUT2D eigenvalue weighted by molar-refractivity contribution is -0.137. The number of carboxylic acids is 1. The number of urea groups is 1. The third-order valence-electron chi connectivity index (χ3n) is 4.90. The van der Waals surface area contributed by atoms with Crippen molar-refractivity contribution in [1.29, 1.82) is 0 Å². The lowest BCUT2D eigenvalue weighted by Gasteiger charge is -2.19. The van der Waals surface area contributed by atoms with E-state index >= 15 is 0 Å². The van der Waals surface area contributed by atoms with E-state index in [0.29, 0.717) is 16.1 Å². The Morgan fingerprint density at radius 2 is 1.78 bits per heavy atom. The number of amides is 2. The van der Waals surface area contributed by atoms with Crippen molar-refractivity contribution in [1.82, 2.24) is 9.88 Å². The zero-order valence-corrected chi connectivity index (χ0v) is 18.2. The van der Waals surface area contributed by atoms with E-state index in [1.807, 2.05) is 12.1 Å². The molecule has 0 saturated heterocycles. The molecule has 3 aromatic rings. The quantitative estimate of drug-likeness (QED) is 0.446. The van der Waals surface area contributed by atoms with E-state index in [-0.39, 0.29) is 17.9 Å². The number of aryl methyl sites for hydroxylation is 2. The van der Waals surface area contributed by atoms with Gasteiger partial charge in [0, 0.05) is 23.8 Å². The van der Waals surface area contributed by atoms with E-state index in [2.05, 4.69) is 10.6 Å². The van der Waals surface area contributed by atoms with E-state index in [1.165, 1.54) is 17.8 Å². The molecule has 0 spiro atoms. The molecule has 1 heterocycles. The van der Waals surface area contributed by atoms with Gasteiger partial charge >= 0.3 is 12.0 Å². The van der Waals surface area contributed by atoms with Crippen LogP contribution in [0.25, 0.3) is 11.1 Å². The van der Waals surface area contributed by atoms with Crippen LogP contribution >= 0.6 is 11.6 Å². The number of aromatic hydroxyl groups is 1. The lowest BCUT2D eigenvalue weighted by atomic mass is 9.98. The van der Waals surface area contributed by atoms with E-state index in [9.17, 15) is 24.6 Å². The maximum atomic E-state index is 12.6. The molecule has 0 aliphatic heterocycles. The SMILES string of the molecule is Cc1cn(C)c(=O)c(NC(=O)NC(CC(=O)O)c2cccc(-c3cccc(Cl)c3)c2)c1O. The minimum Gasteiger partial charge on any atom is -0.505 e. The number of hydrogen-bond donors (Lipinski definition) is 4. The number of carbonyl (C=O) groups excluding carboxylic acids is 1. The van der Waals surface area contributed by atoms with Gasteiger partial charge in [0.15, 0.2) is 5.69 Å². The minimum atomic E-state index is -1.11. The molecule has 0 aliphatic rings. The molecule has 0 fully saturated rings. The second kappa shape index (κ2) is 9.57. The Balaban J connectivity index is 1.88. The first-order valence-electron chi connectivity index (χ1n) is 9.70. The van der Waals surface area contributed by atoms with Crippen LogP contribution in [0.3, 0.4) is 0 Å². The number of halogens is 1. The first-order chi connectivity index (χ1) is 15.2. The number of nitrogens with zero attached hydrogens (tertiary/aromatic N) is 1. The summed E-state index contributed by atoms with van der Waals surface area (Å²) < 4.78 is 1.23.